The van der Waals surface area contributed by atoms with E-state index in [-0.39, 0.29) is 0 Å². The summed E-state index contributed by atoms with van der Waals surface area (Å²) in [6.45, 7) is 0. The van der Waals surface area contributed by atoms with Gasteiger partial charge in [0.25, 0.3) is 0 Å². The van der Waals surface area contributed by atoms with E-state index in [1.807, 2.05) is 0 Å². The van der Waals surface area contributed by atoms with Gasteiger partial charge in [-0.3, -0.25) is 0 Å². The summed E-state index contributed by atoms with van der Waals surface area (Å²) in [6.07, 6.45) is 0. The Morgan fingerprint density at radius 2 is 0.889 bits per heavy atom. The summed E-state index contributed by atoms with van der Waals surface area (Å²) in [5.74, 6) is 0. The fourth-order valence-electron chi connectivity index (χ4n) is 11.6. The molecule has 1 spiro atoms. The average Bonchev–Trinajstić information content (AvgIpc) is 3.85. The minimum atomic E-state index is -0.502. The summed E-state index contributed by atoms with van der Waals surface area (Å²) in [6, 6.07) is 85.8. The number of rotatable bonds is 5. The maximum atomic E-state index is 2.51. The zero-order valence-corrected chi connectivity index (χ0v) is 34.3. The van der Waals surface area contributed by atoms with Gasteiger partial charge < -0.3 is 9.47 Å². The minimum Gasteiger partial charge on any atom is -0.310 e. The summed E-state index contributed by atoms with van der Waals surface area (Å²) < 4.78 is 2.51. The maximum absolute atomic E-state index is 2.51. The predicted molar refractivity (Wildman–Crippen MR) is 264 cm³/mol. The van der Waals surface area contributed by atoms with Gasteiger partial charge >= 0.3 is 0 Å². The first-order valence-corrected chi connectivity index (χ1v) is 21.9. The second kappa shape index (κ2) is 12.9. The quantitative estimate of drug-likeness (QED) is 0.157. The van der Waals surface area contributed by atoms with Crippen LogP contribution in [0.5, 0.6) is 0 Å². The van der Waals surface area contributed by atoms with Gasteiger partial charge in [0.1, 0.15) is 0 Å². The molecular formula is C61H38N2. The van der Waals surface area contributed by atoms with Crippen LogP contribution in [0.4, 0.5) is 17.1 Å². The van der Waals surface area contributed by atoms with Gasteiger partial charge in [-0.1, -0.05) is 176 Å². The Balaban J connectivity index is 1.07. The third-order valence-corrected chi connectivity index (χ3v) is 14.1. The van der Waals surface area contributed by atoms with Crippen molar-refractivity contribution in [3.8, 4) is 27.9 Å². The maximum Gasteiger partial charge on any atom is 0.0726 e. The van der Waals surface area contributed by atoms with E-state index in [4.69, 9.17) is 0 Å². The van der Waals surface area contributed by atoms with Gasteiger partial charge in [-0.25, -0.2) is 0 Å². The predicted octanol–water partition coefficient (Wildman–Crippen LogP) is 16.1. The molecule has 0 unspecified atom stereocenters. The fourth-order valence-corrected chi connectivity index (χ4v) is 11.6. The number of hydrogen-bond donors (Lipinski definition) is 0. The number of para-hydroxylation sites is 2. The smallest absolute Gasteiger partial charge is 0.0726 e. The molecule has 2 heteroatoms. The molecule has 0 radical (unpaired) electrons. The van der Waals surface area contributed by atoms with Crippen molar-refractivity contribution in [2.75, 3.05) is 4.90 Å². The van der Waals surface area contributed by atoms with Crippen LogP contribution in [-0.4, -0.2) is 4.57 Å². The Kier molecular flexibility index (Phi) is 7.07. The van der Waals surface area contributed by atoms with Crippen LogP contribution in [-0.2, 0) is 5.41 Å². The fraction of sp³-hybridized carbons (Fsp3) is 0.0164. The van der Waals surface area contributed by atoms with Crippen molar-refractivity contribution in [2.45, 2.75) is 5.41 Å². The monoisotopic (exact) mass is 798 g/mol. The van der Waals surface area contributed by atoms with Crippen LogP contribution in [0.1, 0.15) is 22.3 Å². The lowest BCUT2D eigenvalue weighted by Gasteiger charge is -2.38. The van der Waals surface area contributed by atoms with Crippen LogP contribution in [0.2, 0.25) is 0 Å². The van der Waals surface area contributed by atoms with E-state index in [1.54, 1.807) is 0 Å². The highest BCUT2D eigenvalue weighted by atomic mass is 15.1. The molecule has 1 aromatic heterocycles. The van der Waals surface area contributed by atoms with Gasteiger partial charge in [0.2, 0.25) is 0 Å². The van der Waals surface area contributed by atoms with Crippen LogP contribution in [0.25, 0.3) is 82.1 Å². The Bertz CT molecular complexity index is 3800. The van der Waals surface area contributed by atoms with Gasteiger partial charge in [0.15, 0.2) is 0 Å². The van der Waals surface area contributed by atoms with Crippen molar-refractivity contribution in [1.82, 2.24) is 4.57 Å². The summed E-state index contributed by atoms with van der Waals surface area (Å²) in [5, 5.41) is 10.3. The molecule has 2 aliphatic rings. The second-order valence-corrected chi connectivity index (χ2v) is 17.2. The molecule has 0 bridgehead atoms. The molecule has 0 aliphatic heterocycles. The minimum absolute atomic E-state index is 0.502. The second-order valence-electron chi connectivity index (χ2n) is 17.2. The van der Waals surface area contributed by atoms with E-state index in [2.05, 4.69) is 240 Å². The first-order chi connectivity index (χ1) is 31.3. The molecule has 12 aromatic rings. The van der Waals surface area contributed by atoms with Crippen LogP contribution < -0.4 is 4.90 Å². The Hall–Kier alpha value is -8.20. The zero-order valence-electron chi connectivity index (χ0n) is 34.3. The van der Waals surface area contributed by atoms with Crippen molar-refractivity contribution in [2.24, 2.45) is 0 Å². The number of fused-ring (bicyclic) bond motifs is 10. The lowest BCUT2D eigenvalue weighted by atomic mass is 9.63. The van der Waals surface area contributed by atoms with E-state index in [9.17, 15) is 0 Å². The molecule has 63 heavy (non-hydrogen) atoms. The van der Waals surface area contributed by atoms with Crippen LogP contribution in [0.3, 0.4) is 0 Å². The molecule has 0 saturated carbocycles. The van der Waals surface area contributed by atoms with Crippen molar-refractivity contribution in [3.05, 3.63) is 253 Å². The summed E-state index contributed by atoms with van der Waals surface area (Å²) in [5.41, 5.74) is 16.8. The highest BCUT2D eigenvalue weighted by Crippen LogP contribution is 2.63. The highest BCUT2D eigenvalue weighted by Gasteiger charge is 2.50. The molecular weight excluding hydrogens is 761 g/mol. The van der Waals surface area contributed by atoms with Crippen LogP contribution >= 0.6 is 0 Å². The Morgan fingerprint density at radius 3 is 1.65 bits per heavy atom. The van der Waals surface area contributed by atoms with E-state index < -0.39 is 5.41 Å². The molecule has 0 atom stereocenters. The normalized spacial score (nSPS) is 13.2. The number of anilines is 3. The molecule has 14 rings (SSSR count). The largest absolute Gasteiger partial charge is 0.310 e. The molecule has 0 N–H and O–H groups in total. The Labute approximate surface area is 365 Å². The Morgan fingerprint density at radius 1 is 0.333 bits per heavy atom. The molecule has 2 nitrogen and oxygen atoms in total. The summed E-state index contributed by atoms with van der Waals surface area (Å²) >= 11 is 0. The van der Waals surface area contributed by atoms with Crippen LogP contribution in [0, 0.1) is 0 Å². The molecule has 292 valence electrons. The number of benzene rings is 11. The lowest BCUT2D eigenvalue weighted by molar-refractivity contribution is 0.783. The van der Waals surface area contributed by atoms with Crippen molar-refractivity contribution in [3.63, 3.8) is 0 Å². The van der Waals surface area contributed by atoms with Crippen molar-refractivity contribution in [1.29, 1.82) is 0 Å². The van der Waals surface area contributed by atoms with Crippen molar-refractivity contribution >= 4 is 71.2 Å². The average molecular weight is 799 g/mol. The summed E-state index contributed by atoms with van der Waals surface area (Å²) in [7, 11) is 0. The SMILES string of the molecule is c1ccc(N(c2ccc(-c3ccc4ccc5ccccc5c4c3)cc2)c2cc3c4c5c(cccc25)C2(c5ccccc5-c5ccccc52)c2cccc(c24)n3-c2ccccc2)cc1. The number of aromatic nitrogens is 1. The third kappa shape index (κ3) is 4.62. The molecule has 0 fully saturated rings. The first kappa shape index (κ1) is 34.5. The lowest BCUT2D eigenvalue weighted by Crippen LogP contribution is -2.30. The summed E-state index contributed by atoms with van der Waals surface area (Å²) in [4.78, 5) is 2.47. The van der Waals surface area contributed by atoms with E-state index in [0.29, 0.717) is 0 Å². The molecule has 0 saturated heterocycles. The van der Waals surface area contributed by atoms with E-state index in [0.717, 1.165) is 22.7 Å². The molecule has 2 aliphatic carbocycles. The van der Waals surface area contributed by atoms with E-state index in [1.165, 1.54) is 98.6 Å². The molecule has 11 aromatic carbocycles. The third-order valence-electron chi connectivity index (χ3n) is 14.1. The van der Waals surface area contributed by atoms with Gasteiger partial charge in [0.05, 0.1) is 22.1 Å². The molecule has 0 amide bonds. The number of hydrogen-bond acceptors (Lipinski definition) is 1. The number of nitrogens with zero attached hydrogens (tertiary/aromatic N) is 2. The molecule has 1 heterocycles. The van der Waals surface area contributed by atoms with Gasteiger partial charge in [-0.15, -0.1) is 0 Å². The van der Waals surface area contributed by atoms with E-state index >= 15 is 0 Å². The zero-order chi connectivity index (χ0) is 41.2. The van der Waals surface area contributed by atoms with Crippen molar-refractivity contribution < 1.29 is 0 Å². The topological polar surface area (TPSA) is 8.17 Å². The van der Waals surface area contributed by atoms with Gasteiger partial charge in [0, 0.05) is 33.2 Å². The highest BCUT2D eigenvalue weighted by molar-refractivity contribution is 6.29. The van der Waals surface area contributed by atoms with Gasteiger partial charge in [-0.05, 0) is 126 Å². The first-order valence-electron chi connectivity index (χ1n) is 21.9. The van der Waals surface area contributed by atoms with Crippen LogP contribution in [0.15, 0.2) is 231 Å². The standard InChI is InChI=1S/C61H38N2/c1-3-16-43(17-4-1)62(45-35-33-39(34-36-45)42-32-31-41-30-29-40-15-7-8-20-46(40)50(41)37-42)56-38-57-60-58-49(56)23-13-26-53(58)61(51-24-11-9-21-47(51)48-22-10-12-25-52(48)61)54-27-14-28-55(59(54)60)63(57)44-18-5-2-6-19-44/h1-38H. The van der Waals surface area contributed by atoms with Gasteiger partial charge in [-0.2, -0.15) is 0 Å².